The van der Waals surface area contributed by atoms with Crippen LogP contribution in [0.2, 0.25) is 0 Å². The number of hydrogen-bond acceptors (Lipinski definition) is 2. The maximum Gasteiger partial charge on any atom is 0.234 e. The minimum absolute atomic E-state index is 0.0891. The van der Waals surface area contributed by atoms with Crippen molar-refractivity contribution in [1.29, 1.82) is 0 Å². The van der Waals surface area contributed by atoms with Gasteiger partial charge in [0.25, 0.3) is 0 Å². The van der Waals surface area contributed by atoms with Crippen molar-refractivity contribution in [3.05, 3.63) is 0 Å². The fraction of sp³-hybridized carbons (Fsp3) is 0.857. The lowest BCUT2D eigenvalue weighted by atomic mass is 9.79. The van der Waals surface area contributed by atoms with Crippen LogP contribution >= 0.6 is 0 Å². The summed E-state index contributed by atoms with van der Waals surface area (Å²) in [6.45, 7) is 0. The Balaban J connectivity index is 2.39. The molecule has 1 saturated carbocycles. The largest absolute Gasteiger partial charge is 0.368 e. The van der Waals surface area contributed by atoms with Crippen molar-refractivity contribution in [2.45, 2.75) is 25.3 Å². The summed E-state index contributed by atoms with van der Waals surface area (Å²) in [6, 6.07) is -0.0891. The summed E-state index contributed by atoms with van der Waals surface area (Å²) >= 11 is 0. The van der Waals surface area contributed by atoms with Gasteiger partial charge in [-0.05, 0) is 25.8 Å². The van der Waals surface area contributed by atoms with E-state index in [1.54, 1.807) is 7.05 Å². The Kier molecular flexibility index (Phi) is 2.27. The van der Waals surface area contributed by atoms with Crippen molar-refractivity contribution in [2.75, 3.05) is 7.05 Å². The van der Waals surface area contributed by atoms with Crippen LogP contribution in [0, 0.1) is 5.92 Å². The van der Waals surface area contributed by atoms with E-state index in [4.69, 9.17) is 5.73 Å². The normalized spacial score (nSPS) is 21.7. The fourth-order valence-electron chi connectivity index (χ4n) is 1.38. The molecular weight excluding hydrogens is 128 g/mol. The van der Waals surface area contributed by atoms with Crippen LogP contribution < -0.4 is 11.1 Å². The first-order chi connectivity index (χ1) is 4.75. The molecule has 0 bridgehead atoms. The molecule has 0 spiro atoms. The second-order valence-electron chi connectivity index (χ2n) is 2.86. The first kappa shape index (κ1) is 7.54. The van der Waals surface area contributed by atoms with Crippen LogP contribution in [-0.4, -0.2) is 19.0 Å². The minimum atomic E-state index is -0.216. The van der Waals surface area contributed by atoms with Crippen LogP contribution in [0.3, 0.4) is 0 Å². The van der Waals surface area contributed by atoms with Gasteiger partial charge in [0, 0.05) is 0 Å². The molecule has 0 aromatic carbocycles. The van der Waals surface area contributed by atoms with Gasteiger partial charge in [-0.15, -0.1) is 0 Å². The first-order valence-electron chi connectivity index (χ1n) is 3.72. The van der Waals surface area contributed by atoms with E-state index in [9.17, 15) is 4.79 Å². The number of rotatable bonds is 3. The third kappa shape index (κ3) is 1.29. The highest BCUT2D eigenvalue weighted by Gasteiger charge is 2.29. The second kappa shape index (κ2) is 3.01. The van der Waals surface area contributed by atoms with Gasteiger partial charge in [-0.2, -0.15) is 0 Å². The van der Waals surface area contributed by atoms with Crippen LogP contribution in [-0.2, 0) is 4.79 Å². The van der Waals surface area contributed by atoms with Crippen molar-refractivity contribution >= 4 is 5.91 Å². The van der Waals surface area contributed by atoms with Crippen molar-refractivity contribution in [2.24, 2.45) is 11.7 Å². The minimum Gasteiger partial charge on any atom is -0.368 e. The summed E-state index contributed by atoms with van der Waals surface area (Å²) in [6.07, 6.45) is 3.54. The summed E-state index contributed by atoms with van der Waals surface area (Å²) < 4.78 is 0. The predicted octanol–water partition coefficient (Wildman–Crippen LogP) is -0.140. The molecular formula is C7H14N2O. The van der Waals surface area contributed by atoms with E-state index >= 15 is 0 Å². The molecule has 0 aliphatic heterocycles. The van der Waals surface area contributed by atoms with E-state index in [2.05, 4.69) is 5.32 Å². The first-order valence-corrected chi connectivity index (χ1v) is 3.72. The van der Waals surface area contributed by atoms with Crippen molar-refractivity contribution in [3.63, 3.8) is 0 Å². The molecule has 1 aliphatic carbocycles. The molecule has 0 saturated heterocycles. The maximum absolute atomic E-state index is 10.7. The Morgan fingerprint density at radius 1 is 1.70 bits per heavy atom. The molecule has 0 aromatic rings. The number of carbonyl (C=O) groups excluding carboxylic acids is 1. The second-order valence-corrected chi connectivity index (χ2v) is 2.86. The molecule has 1 amide bonds. The zero-order valence-corrected chi connectivity index (χ0v) is 6.26. The van der Waals surface area contributed by atoms with Crippen LogP contribution in [0.25, 0.3) is 0 Å². The molecule has 58 valence electrons. The molecule has 3 heteroatoms. The van der Waals surface area contributed by atoms with Crippen molar-refractivity contribution in [3.8, 4) is 0 Å². The van der Waals surface area contributed by atoms with E-state index in [1.165, 1.54) is 6.42 Å². The Morgan fingerprint density at radius 3 is 2.40 bits per heavy atom. The topological polar surface area (TPSA) is 55.1 Å². The standard InChI is InChI=1S/C7H14N2O/c1-9-6(7(8)10)5-3-2-4-5/h5-6,9H,2-4H2,1H3,(H2,8,10). The highest BCUT2D eigenvalue weighted by molar-refractivity contribution is 5.80. The van der Waals surface area contributed by atoms with E-state index < -0.39 is 0 Å². The monoisotopic (exact) mass is 142 g/mol. The number of primary amides is 1. The lowest BCUT2D eigenvalue weighted by molar-refractivity contribution is -0.121. The molecule has 1 aliphatic rings. The smallest absolute Gasteiger partial charge is 0.234 e. The van der Waals surface area contributed by atoms with E-state index in [0.717, 1.165) is 12.8 Å². The number of hydrogen-bond donors (Lipinski definition) is 2. The molecule has 0 radical (unpaired) electrons. The van der Waals surface area contributed by atoms with Crippen LogP contribution in [0.1, 0.15) is 19.3 Å². The number of carbonyl (C=O) groups is 1. The van der Waals surface area contributed by atoms with Gasteiger partial charge in [0.1, 0.15) is 0 Å². The maximum atomic E-state index is 10.7. The van der Waals surface area contributed by atoms with Gasteiger partial charge in [0.05, 0.1) is 6.04 Å². The van der Waals surface area contributed by atoms with Crippen molar-refractivity contribution < 1.29 is 4.79 Å². The van der Waals surface area contributed by atoms with E-state index in [-0.39, 0.29) is 11.9 Å². The molecule has 1 atom stereocenters. The van der Waals surface area contributed by atoms with Crippen molar-refractivity contribution in [1.82, 2.24) is 5.32 Å². The van der Waals surface area contributed by atoms with Gasteiger partial charge in [0.2, 0.25) is 5.91 Å². The fourth-order valence-corrected chi connectivity index (χ4v) is 1.38. The lowest BCUT2D eigenvalue weighted by Gasteiger charge is -2.31. The van der Waals surface area contributed by atoms with E-state index in [0.29, 0.717) is 5.92 Å². The van der Waals surface area contributed by atoms with Gasteiger partial charge < -0.3 is 11.1 Å². The summed E-state index contributed by atoms with van der Waals surface area (Å²) in [5.41, 5.74) is 5.16. The zero-order chi connectivity index (χ0) is 7.56. The van der Waals surface area contributed by atoms with Crippen LogP contribution in [0.4, 0.5) is 0 Å². The molecule has 3 N–H and O–H groups in total. The van der Waals surface area contributed by atoms with Gasteiger partial charge in [0.15, 0.2) is 0 Å². The van der Waals surface area contributed by atoms with Gasteiger partial charge in [-0.25, -0.2) is 0 Å². The highest BCUT2D eigenvalue weighted by Crippen LogP contribution is 2.29. The van der Waals surface area contributed by atoms with E-state index in [1.807, 2.05) is 0 Å². The quantitative estimate of drug-likeness (QED) is 0.576. The number of nitrogens with one attached hydrogen (secondary N) is 1. The SMILES string of the molecule is CNC(C(N)=O)C1CCC1. The van der Waals surface area contributed by atoms with Gasteiger partial charge >= 0.3 is 0 Å². The average molecular weight is 142 g/mol. The molecule has 1 rings (SSSR count). The average Bonchev–Trinajstić information content (AvgIpc) is 1.76. The summed E-state index contributed by atoms with van der Waals surface area (Å²) in [5.74, 6) is 0.287. The Morgan fingerprint density at radius 2 is 2.30 bits per heavy atom. The number of likely N-dealkylation sites (N-methyl/N-ethyl adjacent to an activating group) is 1. The van der Waals surface area contributed by atoms with Crippen LogP contribution in [0.15, 0.2) is 0 Å². The summed E-state index contributed by atoms with van der Waals surface area (Å²) in [4.78, 5) is 10.7. The zero-order valence-electron chi connectivity index (χ0n) is 6.26. The third-order valence-electron chi connectivity index (χ3n) is 2.24. The molecule has 10 heavy (non-hydrogen) atoms. The van der Waals surface area contributed by atoms with Gasteiger partial charge in [-0.1, -0.05) is 6.42 Å². The predicted molar refractivity (Wildman–Crippen MR) is 39.4 cm³/mol. The summed E-state index contributed by atoms with van der Waals surface area (Å²) in [7, 11) is 1.79. The number of nitrogens with two attached hydrogens (primary N) is 1. The molecule has 3 nitrogen and oxygen atoms in total. The Bertz CT molecular complexity index is 132. The lowest BCUT2D eigenvalue weighted by Crippen LogP contribution is -2.47. The molecule has 0 aromatic heterocycles. The molecule has 0 heterocycles. The summed E-state index contributed by atoms with van der Waals surface area (Å²) in [5, 5.41) is 2.93. The molecule has 1 unspecified atom stereocenters. The highest BCUT2D eigenvalue weighted by atomic mass is 16.1. The van der Waals surface area contributed by atoms with Gasteiger partial charge in [-0.3, -0.25) is 4.79 Å². The number of amides is 1. The third-order valence-corrected chi connectivity index (χ3v) is 2.24. The van der Waals surface area contributed by atoms with Crippen LogP contribution in [0.5, 0.6) is 0 Å². The Hall–Kier alpha value is -0.570. The molecule has 1 fully saturated rings. The Labute approximate surface area is 61.0 Å².